The van der Waals surface area contributed by atoms with E-state index in [-0.39, 0.29) is 122 Å². The highest BCUT2D eigenvalue weighted by Gasteiger charge is 2.55. The van der Waals surface area contributed by atoms with Gasteiger partial charge in [-0.05, 0) is 66.5 Å². The number of hydrogen-bond acceptors (Lipinski definition) is 27. The second kappa shape index (κ2) is 31.1. The van der Waals surface area contributed by atoms with Crippen molar-refractivity contribution in [2.75, 3.05) is 51.4 Å². The molecule has 0 aliphatic carbocycles. The molecule has 7 heterocycles. The van der Waals surface area contributed by atoms with Gasteiger partial charge in [-0.15, -0.1) is 0 Å². The van der Waals surface area contributed by atoms with Crippen LogP contribution >= 0.6 is 13.4 Å². The van der Waals surface area contributed by atoms with Crippen molar-refractivity contribution < 1.29 is 99.4 Å². The Morgan fingerprint density at radius 1 is 0.860 bits per heavy atom. The summed E-state index contributed by atoms with van der Waals surface area (Å²) in [7, 11) is 1.33. The molecule has 0 saturated carbocycles. The number of hydrogen-bond donors (Lipinski definition) is 9. The number of aliphatic carboxylic acids is 1. The summed E-state index contributed by atoms with van der Waals surface area (Å²) < 4.78 is 71.0. The Balaban J connectivity index is 0.881. The number of nitrogens with two attached hydrogens (primary N) is 3. The van der Waals surface area contributed by atoms with E-state index in [0.29, 0.717) is 5.56 Å². The molecule has 0 bridgehead atoms. The third kappa shape index (κ3) is 18.6. The number of carbonyl (C=O) groups is 8. The van der Waals surface area contributed by atoms with Crippen LogP contribution in [0.2, 0.25) is 0 Å². The second-order valence-corrected chi connectivity index (χ2v) is 27.8. The summed E-state index contributed by atoms with van der Waals surface area (Å²) >= 11 is 10.7. The van der Waals surface area contributed by atoms with Crippen molar-refractivity contribution in [3.63, 3.8) is 0 Å². The number of aromatic nitrogens is 8. The first kappa shape index (κ1) is 71.2. The number of nitrogen functional groups attached to an aromatic ring is 2. The topological polar surface area (TPSA) is 493 Å². The maximum absolute atomic E-state index is 16.5. The van der Waals surface area contributed by atoms with Gasteiger partial charge in [-0.1, -0.05) is 32.9 Å². The van der Waals surface area contributed by atoms with Crippen molar-refractivity contribution in [3.8, 4) is 5.75 Å². The molecule has 4 aromatic heterocycles. The minimum Gasteiger partial charge on any atom is -0.481 e. The lowest BCUT2D eigenvalue weighted by Gasteiger charge is -2.30. The van der Waals surface area contributed by atoms with Crippen LogP contribution in [-0.2, 0) is 91.0 Å². The van der Waals surface area contributed by atoms with Crippen LogP contribution in [0.4, 0.5) is 30.5 Å². The second-order valence-electron chi connectivity index (χ2n) is 22.3. The van der Waals surface area contributed by atoms with Gasteiger partial charge in [0, 0.05) is 51.1 Å². The normalized spacial score (nSPS) is 24.9. The Bertz CT molecular complexity index is 3750. The Kier molecular flexibility index (Phi) is 23.8. The number of ether oxygens (including phenoxy) is 5. The number of carboxylic acids is 1. The van der Waals surface area contributed by atoms with Gasteiger partial charge in [0.05, 0.1) is 44.9 Å². The number of imidazole rings is 2. The molecule has 93 heavy (non-hydrogen) atoms. The number of alkyl halides is 1. The van der Waals surface area contributed by atoms with Gasteiger partial charge >= 0.3 is 37.7 Å². The van der Waals surface area contributed by atoms with E-state index in [1.807, 2.05) is 0 Å². The zero-order chi connectivity index (χ0) is 67.6. The average Bonchev–Trinajstić information content (AvgIpc) is 1.62. The number of nitrogens with one attached hydrogen (secondary N) is 3. The predicted molar refractivity (Wildman–Crippen MR) is 327 cm³/mol. The van der Waals surface area contributed by atoms with E-state index in [1.165, 1.54) is 49.1 Å². The molecule has 3 aliphatic heterocycles. The van der Waals surface area contributed by atoms with E-state index < -0.39 is 142 Å². The van der Waals surface area contributed by atoms with Crippen molar-refractivity contribution in [2.24, 2.45) is 23.5 Å². The van der Waals surface area contributed by atoms with E-state index in [0.717, 1.165) is 22.1 Å². The summed E-state index contributed by atoms with van der Waals surface area (Å²) in [5, 5.41) is 14.2. The molecule has 4 amide bonds. The number of nitrogens with zero attached hydrogens (tertiary/aromatic N) is 8. The average molecular weight is 1380 g/mol. The van der Waals surface area contributed by atoms with E-state index in [4.69, 9.17) is 87.7 Å². The number of fused-ring (bicyclic) bond motifs is 4. The van der Waals surface area contributed by atoms with E-state index in [9.17, 15) is 52.9 Å². The summed E-state index contributed by atoms with van der Waals surface area (Å²) in [6.45, 7) is -6.32. The number of carbonyl (C=O) groups excluding carboxylic acids is 7. The maximum atomic E-state index is 16.5. The molecule has 5 aromatic rings. The number of likely N-dealkylation sites (N-methyl/N-ethyl adjacent to an activating group) is 1. The Morgan fingerprint density at radius 2 is 1.51 bits per heavy atom. The number of carboxylic acid groups (broad SMARTS) is 1. The number of rotatable bonds is 26. The molecule has 3 fully saturated rings. The standard InChI is InChI=1S/C53H69FN14O21P2S2/c1-25(2)30(19-28(69)7-5-9-32(70)26(3)17-36(72)73)46(74)63-31(8-6-14-58-51(57)76)33(71)18-27-10-12-29(13-11-27)84-52(77)66(4)15-16-81-53(78)87-42-41-35(86-49(42)67-23-61-38-43(55)59-22-60-44(38)67)21-83-90(79,92)88-40-34(20-82-91(80,93)89-41)85-48(37(40)54)68-24-62-39-45(68)64-50(56)65-47(39)75/h10-13,22-26,30-31,34-35,37,40-42,48-49H,5-9,14-21H2,1-4H3,(H,63,74)(H,72,73)(H,79,92)(H,80,93)(H2,55,59,60)(H3,57,58,76)(H3,56,64,65,75)/t26?,30-,31-,34+,35+,37+,40+,41+,42+,48+,49+,90?,91?/m0/s1. The number of H-pyrrole nitrogens is 1. The van der Waals surface area contributed by atoms with E-state index in [2.05, 4.69) is 40.5 Å². The summed E-state index contributed by atoms with van der Waals surface area (Å²) in [6, 6.07) is 4.02. The summed E-state index contributed by atoms with van der Waals surface area (Å²) in [5.74, 6) is -4.84. The number of aromatic amines is 1. The Morgan fingerprint density at radius 3 is 2.17 bits per heavy atom. The number of amides is 4. The third-order valence-electron chi connectivity index (χ3n) is 15.1. The molecular formula is C53H69FN14O21P2S2. The smallest absolute Gasteiger partial charge is 0.481 e. The highest BCUT2D eigenvalue weighted by molar-refractivity contribution is 8.07. The molecule has 12 N–H and O–H groups in total. The van der Waals surface area contributed by atoms with E-state index in [1.54, 1.807) is 13.8 Å². The van der Waals surface area contributed by atoms with Gasteiger partial charge < -0.3 is 80.4 Å². The summed E-state index contributed by atoms with van der Waals surface area (Å²) in [5.41, 5.74) is 16.5. The highest BCUT2D eigenvalue weighted by Crippen LogP contribution is 2.55. The number of anilines is 2. The number of primary amides is 1. The van der Waals surface area contributed by atoms with Crippen LogP contribution in [0.3, 0.4) is 0 Å². The van der Waals surface area contributed by atoms with Crippen LogP contribution in [-0.4, -0.2) is 189 Å². The lowest BCUT2D eigenvalue weighted by molar-refractivity contribution is -0.140. The van der Waals surface area contributed by atoms with Gasteiger partial charge in [-0.3, -0.25) is 51.9 Å². The Hall–Kier alpha value is -7.61. The van der Waals surface area contributed by atoms with Crippen molar-refractivity contribution >= 4 is 119 Å². The lowest BCUT2D eigenvalue weighted by Crippen LogP contribution is -2.46. The van der Waals surface area contributed by atoms with Crippen molar-refractivity contribution in [1.82, 2.24) is 54.6 Å². The number of ketones is 3. The molecule has 13 atom stereocenters. The van der Waals surface area contributed by atoms with Gasteiger partial charge in [-0.2, -0.15) is 4.98 Å². The monoisotopic (exact) mass is 1380 g/mol. The van der Waals surface area contributed by atoms with Crippen LogP contribution in [0.25, 0.3) is 22.3 Å². The first-order valence-corrected chi connectivity index (χ1v) is 34.1. The van der Waals surface area contributed by atoms with Crippen LogP contribution in [0.1, 0.15) is 83.7 Å². The van der Waals surface area contributed by atoms with Gasteiger partial charge in [0.15, 0.2) is 53.1 Å². The third-order valence-corrected chi connectivity index (χ3v) is 18.2. The molecule has 0 spiro atoms. The zero-order valence-corrected chi connectivity index (χ0v) is 53.7. The van der Waals surface area contributed by atoms with Crippen molar-refractivity contribution in [3.05, 3.63) is 59.2 Å². The van der Waals surface area contributed by atoms with Crippen LogP contribution < -0.4 is 38.1 Å². The largest absolute Gasteiger partial charge is 0.508 e. The quantitative estimate of drug-likeness (QED) is 0.0218. The summed E-state index contributed by atoms with van der Waals surface area (Å²) in [4.78, 5) is 162. The lowest BCUT2D eigenvalue weighted by atomic mass is 9.87. The first-order chi connectivity index (χ1) is 44.0. The maximum Gasteiger partial charge on any atom is 0.508 e. The summed E-state index contributed by atoms with van der Waals surface area (Å²) in [6.07, 6.45) is -12.6. The number of Topliss-reactive ketones (excluding diaryl/α,β-unsaturated/α-hetero) is 3. The fourth-order valence-electron chi connectivity index (χ4n) is 10.2. The minimum atomic E-state index is -4.56. The van der Waals surface area contributed by atoms with Gasteiger partial charge in [0.25, 0.3) is 5.56 Å². The SMILES string of the molecule is CC(CC(=O)O)C(=O)CCCC(=O)C[C@H](C(=O)N[C@@H](CCCNC(N)=O)C(=O)Cc1ccc(OC(=O)N(C)CCOC(=O)O[C@@H]2[C@@H]3OP(O)(=S)OC[C@H]4O[C@@H](n5cnc6c(=O)[nH]c(N)nc65)[C@H](F)[C@@H]4OP(O)(=S)OC[C@H]3O[C@H]2n2cnc3c(N)ncnc32)cc1)C(C)C. The highest BCUT2D eigenvalue weighted by atomic mass is 32.5. The minimum absolute atomic E-state index is 0.00436. The molecule has 3 unspecified atom stereocenters. The van der Waals surface area contributed by atoms with Gasteiger partial charge in [0.1, 0.15) is 60.2 Å². The van der Waals surface area contributed by atoms with Gasteiger partial charge in [0.2, 0.25) is 11.9 Å². The molecule has 3 aliphatic rings. The molecule has 40 heteroatoms. The predicted octanol–water partition coefficient (Wildman–Crippen LogP) is 2.29. The molecule has 35 nitrogen and oxygen atoms in total. The van der Waals surface area contributed by atoms with Gasteiger partial charge in [-0.25, -0.2) is 38.7 Å². The van der Waals surface area contributed by atoms with Crippen LogP contribution in [0, 0.1) is 17.8 Å². The number of benzene rings is 1. The van der Waals surface area contributed by atoms with Crippen molar-refractivity contribution in [2.45, 2.75) is 127 Å². The molecule has 3 saturated heterocycles. The number of urea groups is 1. The van der Waals surface area contributed by atoms with Crippen LogP contribution in [0.5, 0.6) is 5.75 Å². The molecule has 8 rings (SSSR count). The van der Waals surface area contributed by atoms with Crippen LogP contribution in [0.15, 0.2) is 48.0 Å². The fourth-order valence-corrected chi connectivity index (χ4v) is 13.1. The first-order valence-electron chi connectivity index (χ1n) is 28.9. The molecular weight excluding hydrogens is 1310 g/mol. The van der Waals surface area contributed by atoms with E-state index >= 15 is 4.39 Å². The fraction of sp³-hybridized carbons (Fsp3) is 0.547. The Labute approximate surface area is 537 Å². The molecule has 506 valence electrons. The molecule has 1 aromatic carbocycles. The number of halogens is 1. The zero-order valence-electron chi connectivity index (χ0n) is 50.3. The molecule has 0 radical (unpaired) electrons. The van der Waals surface area contributed by atoms with Crippen molar-refractivity contribution in [1.29, 1.82) is 0 Å².